The highest BCUT2D eigenvalue weighted by Gasteiger charge is 2.18. The molecule has 6 N–H and O–H groups in total. The van der Waals surface area contributed by atoms with E-state index in [-0.39, 0.29) is 54.5 Å². The number of hydrogen-bond donors (Lipinski definition) is 6. The van der Waals surface area contributed by atoms with Gasteiger partial charge in [0.2, 0.25) is 0 Å². The monoisotopic (exact) mass is 1790 g/mol. The molecule has 0 saturated carbocycles. The molecule has 0 aliphatic rings. The zero-order valence-electron chi connectivity index (χ0n) is 64.2. The summed E-state index contributed by atoms with van der Waals surface area (Å²) in [6.45, 7) is 3.18. The Balaban J connectivity index is 0.000000156. The quantitative estimate of drug-likeness (QED) is 0.0208. The molecule has 15 rings (SSSR count). The number of hydrogen-bond acceptors (Lipinski definition) is 27. The van der Waals surface area contributed by atoms with Gasteiger partial charge in [0.25, 0.3) is 0 Å². The third-order valence-corrected chi connectivity index (χ3v) is 23.9. The molecule has 15 aromatic rings. The first-order chi connectivity index (χ1) is 57.7. The minimum Gasteiger partial charge on any atom is -0.487 e. The lowest BCUT2D eigenvalue weighted by molar-refractivity contribution is 0.306. The van der Waals surface area contributed by atoms with Crippen LogP contribution in [0.3, 0.4) is 0 Å². The Morgan fingerprint density at radius 3 is 0.917 bits per heavy atom. The summed E-state index contributed by atoms with van der Waals surface area (Å²) < 4.78 is 125. The number of thiazole rings is 3. The highest BCUT2D eigenvalue weighted by atomic mass is 35.5. The van der Waals surface area contributed by atoms with Crippen molar-refractivity contribution < 1.29 is 52.6 Å². The molecular weight excluding hydrogens is 1720 g/mol. The summed E-state index contributed by atoms with van der Waals surface area (Å²) in [4.78, 5) is 40.5. The van der Waals surface area contributed by atoms with Crippen LogP contribution in [0.15, 0.2) is 217 Å². The first-order valence-electron chi connectivity index (χ1n) is 36.8. The van der Waals surface area contributed by atoms with E-state index in [9.17, 15) is 38.4 Å². The van der Waals surface area contributed by atoms with Crippen LogP contribution in [0.4, 0.5) is 47.7 Å². The second kappa shape index (κ2) is 40.4. The van der Waals surface area contributed by atoms with Gasteiger partial charge in [0.1, 0.15) is 135 Å². The summed E-state index contributed by atoms with van der Waals surface area (Å²) >= 11 is 23.9. The number of ether oxygens (including phenoxy) is 3. The van der Waals surface area contributed by atoms with Gasteiger partial charge >= 0.3 is 0 Å². The van der Waals surface area contributed by atoms with Gasteiger partial charge in [0.15, 0.2) is 0 Å². The van der Waals surface area contributed by atoms with E-state index < -0.39 is 29.5 Å². The number of anilines is 6. The van der Waals surface area contributed by atoms with Gasteiger partial charge in [-0.2, -0.15) is 0 Å². The number of nitrogens with zero attached hydrogens (tertiary/aromatic N) is 9. The van der Waals surface area contributed by atoms with Crippen LogP contribution in [0, 0.1) is 17.5 Å². The Morgan fingerprint density at radius 2 is 0.650 bits per heavy atom. The SMILES string of the molecule is CS(=O)(=O)CCNCc1nc(-c2ccc3ncnc(Nc4ccc(OCc5cccc(F)c5)c(Cl)c4)c3c2)cs1.CS(=O)(=O)CCNCc1nc(-c2ccc3ncnc(Nc4ccc(OCc5cccc(F)c5)c(Cl)c4)c3c2)cs1.CS(=O)(=O)CCNCc1nc(-c2ccc3ncnc(Nc4ccc(OCc5cccc(F)c5)c(Cl)c4)c3c2)cs1. The molecule has 0 spiro atoms. The van der Waals surface area contributed by atoms with Gasteiger partial charge in [-0.15, -0.1) is 34.0 Å². The Kier molecular flexibility index (Phi) is 29.3. The Labute approximate surface area is 716 Å². The number of rotatable bonds is 33. The zero-order valence-corrected chi connectivity index (χ0v) is 71.4. The molecule has 120 heavy (non-hydrogen) atoms. The van der Waals surface area contributed by atoms with Crippen LogP contribution in [0.5, 0.6) is 17.2 Å². The number of aromatic nitrogens is 9. The molecule has 9 aromatic carbocycles. The van der Waals surface area contributed by atoms with Gasteiger partial charge in [-0.25, -0.2) is 83.3 Å². The van der Waals surface area contributed by atoms with Crippen molar-refractivity contribution in [1.82, 2.24) is 60.8 Å². The zero-order chi connectivity index (χ0) is 84.3. The van der Waals surface area contributed by atoms with Crippen LogP contribution < -0.4 is 46.1 Å². The van der Waals surface area contributed by atoms with E-state index in [1.807, 2.05) is 88.9 Å². The van der Waals surface area contributed by atoms with Gasteiger partial charge in [-0.05, 0) is 144 Å². The Hall–Kier alpha value is -10.9. The van der Waals surface area contributed by atoms with E-state index in [1.54, 1.807) is 72.8 Å². The Bertz CT molecular complexity index is 5910. The number of nitrogens with one attached hydrogen (secondary N) is 6. The fourth-order valence-electron chi connectivity index (χ4n) is 11.7. The predicted molar refractivity (Wildman–Crippen MR) is 473 cm³/mol. The summed E-state index contributed by atoms with van der Waals surface area (Å²) in [5.41, 5.74) is 11.7. The molecule has 0 amide bonds. The maximum atomic E-state index is 13.4. The van der Waals surface area contributed by atoms with Crippen LogP contribution in [0.1, 0.15) is 31.7 Å². The van der Waals surface area contributed by atoms with E-state index in [0.29, 0.717) is 123 Å². The van der Waals surface area contributed by atoms with E-state index >= 15 is 0 Å². The maximum Gasteiger partial charge on any atom is 0.148 e. The van der Waals surface area contributed by atoms with Gasteiger partial charge < -0.3 is 46.1 Å². The summed E-state index contributed by atoms with van der Waals surface area (Å²) in [5.74, 6) is 2.57. The fraction of sp³-hybridized carbons (Fsp3) is 0.179. The molecular formula is C84H75Cl3F3N15O9S6. The van der Waals surface area contributed by atoms with Crippen molar-refractivity contribution in [2.24, 2.45) is 0 Å². The fourth-order valence-corrected chi connectivity index (χ4v) is 16.3. The molecule has 0 fully saturated rings. The first kappa shape index (κ1) is 86.9. The summed E-state index contributed by atoms with van der Waals surface area (Å²) in [5, 5.41) is 31.4. The van der Waals surface area contributed by atoms with Gasteiger partial charge in [0.05, 0.1) is 66.0 Å². The molecule has 0 radical (unpaired) electrons. The second-order valence-corrected chi connectivity index (χ2v) is 38.1. The number of sulfone groups is 3. The van der Waals surface area contributed by atoms with E-state index in [2.05, 4.69) is 61.8 Å². The molecule has 0 bridgehead atoms. The molecule has 6 heterocycles. The van der Waals surface area contributed by atoms with Crippen molar-refractivity contribution in [2.45, 2.75) is 39.5 Å². The molecule has 24 nitrogen and oxygen atoms in total. The second-order valence-electron chi connectivity index (χ2n) is 27.2. The Morgan fingerprint density at radius 1 is 0.358 bits per heavy atom. The minimum absolute atomic E-state index is 0.0849. The van der Waals surface area contributed by atoms with E-state index in [1.165, 1.54) is 108 Å². The molecule has 0 aliphatic carbocycles. The lowest BCUT2D eigenvalue weighted by Gasteiger charge is -2.12. The minimum atomic E-state index is -3.01. The van der Waals surface area contributed by atoms with E-state index in [0.717, 1.165) is 81.5 Å². The summed E-state index contributed by atoms with van der Waals surface area (Å²) in [6, 6.07) is 52.2. The number of fused-ring (bicyclic) bond motifs is 3. The van der Waals surface area contributed by atoms with Crippen molar-refractivity contribution in [3.05, 3.63) is 281 Å². The van der Waals surface area contributed by atoms with Crippen molar-refractivity contribution >= 4 is 166 Å². The normalized spacial score (nSPS) is 11.6. The molecule has 0 aliphatic heterocycles. The van der Waals surface area contributed by atoms with Crippen LogP contribution >= 0.6 is 68.8 Å². The predicted octanol–water partition coefficient (Wildman–Crippen LogP) is 18.0. The van der Waals surface area contributed by atoms with Crippen LogP contribution in [-0.2, 0) is 69.0 Å². The highest BCUT2D eigenvalue weighted by Crippen LogP contribution is 2.38. The van der Waals surface area contributed by atoms with Gasteiger partial charge in [-0.3, -0.25) is 0 Å². The average Bonchev–Trinajstić information content (AvgIpc) is 1.18. The van der Waals surface area contributed by atoms with Crippen LogP contribution in [0.25, 0.3) is 66.5 Å². The van der Waals surface area contributed by atoms with Crippen molar-refractivity contribution in [2.75, 3.05) is 71.6 Å². The highest BCUT2D eigenvalue weighted by molar-refractivity contribution is 7.91. The lowest BCUT2D eigenvalue weighted by Crippen LogP contribution is -2.21. The first-order valence-corrected chi connectivity index (χ1v) is 46.7. The smallest absolute Gasteiger partial charge is 0.148 e. The third kappa shape index (κ3) is 25.6. The molecule has 618 valence electrons. The largest absolute Gasteiger partial charge is 0.487 e. The van der Waals surface area contributed by atoms with Gasteiger partial charge in [-0.1, -0.05) is 89.4 Å². The standard InChI is InChI=1S/3C28H25ClFN5O3S2/c3*1-40(36,37)10-9-31-14-27-35-25(16-39-27)19-5-7-24-22(12-19)28(33-17-32-24)34-21-6-8-26(23(29)13-21)38-15-18-3-2-4-20(30)11-18/h3*2-8,11-13,16-17,31H,9-10,14-15H2,1H3,(H,32,33,34). The van der Waals surface area contributed by atoms with Gasteiger partial charge in [0, 0.05) is 124 Å². The van der Waals surface area contributed by atoms with Crippen LogP contribution in [-0.4, -0.2) is 126 Å². The molecule has 6 aromatic heterocycles. The molecule has 36 heteroatoms. The average molecular weight is 1790 g/mol. The number of halogens is 6. The molecule has 0 atom stereocenters. The molecule has 0 saturated heterocycles. The van der Waals surface area contributed by atoms with Crippen molar-refractivity contribution in [3.63, 3.8) is 0 Å². The lowest BCUT2D eigenvalue weighted by atomic mass is 10.1. The maximum absolute atomic E-state index is 13.4. The summed E-state index contributed by atoms with van der Waals surface area (Å²) in [6.07, 6.45) is 8.14. The third-order valence-electron chi connectivity index (χ3n) is 17.7. The summed E-state index contributed by atoms with van der Waals surface area (Å²) in [7, 11) is -9.02. The van der Waals surface area contributed by atoms with E-state index in [4.69, 9.17) is 64.0 Å². The molecule has 0 unspecified atom stereocenters. The topological polar surface area (TPSA) is 318 Å². The van der Waals surface area contributed by atoms with Crippen molar-refractivity contribution in [3.8, 4) is 51.0 Å². The van der Waals surface area contributed by atoms with Crippen LogP contribution in [0.2, 0.25) is 15.1 Å². The van der Waals surface area contributed by atoms with Crippen molar-refractivity contribution in [1.29, 1.82) is 0 Å². The number of benzene rings is 9.